The van der Waals surface area contributed by atoms with Gasteiger partial charge in [0.25, 0.3) is 5.91 Å². The summed E-state index contributed by atoms with van der Waals surface area (Å²) < 4.78 is 16.2. The molecule has 0 radical (unpaired) electrons. The van der Waals surface area contributed by atoms with E-state index in [0.717, 1.165) is 47.5 Å². The average molecular weight is 504 g/mol. The lowest BCUT2D eigenvalue weighted by Gasteiger charge is -2.15. The standard InChI is InChI=1S/C31H37NO5/c1-4-6-7-27(31(34)36-5-2)22-23-8-16-29(17-9-23)37-21-20-32-30(33)26-12-10-24(11-13-26)25-14-18-28(35-3)19-15-25/h8-19,27H,4-7,20-22H2,1-3H3,(H,32,33). The lowest BCUT2D eigenvalue weighted by Crippen LogP contribution is -2.28. The molecular weight excluding hydrogens is 466 g/mol. The molecule has 0 spiro atoms. The van der Waals surface area contributed by atoms with Gasteiger partial charge in [0.1, 0.15) is 18.1 Å². The van der Waals surface area contributed by atoms with Crippen LogP contribution in [0.4, 0.5) is 0 Å². The molecule has 0 saturated heterocycles. The summed E-state index contributed by atoms with van der Waals surface area (Å²) in [6, 6.07) is 23.1. The fourth-order valence-corrected chi connectivity index (χ4v) is 4.05. The highest BCUT2D eigenvalue weighted by Gasteiger charge is 2.19. The minimum atomic E-state index is -0.141. The van der Waals surface area contributed by atoms with Gasteiger partial charge < -0.3 is 19.5 Å². The molecule has 196 valence electrons. The molecular formula is C31H37NO5. The first-order valence-electron chi connectivity index (χ1n) is 12.9. The summed E-state index contributed by atoms with van der Waals surface area (Å²) in [5.74, 6) is 1.15. The zero-order valence-corrected chi connectivity index (χ0v) is 22.0. The van der Waals surface area contributed by atoms with Gasteiger partial charge in [-0.05, 0) is 72.9 Å². The van der Waals surface area contributed by atoms with E-state index in [4.69, 9.17) is 14.2 Å². The van der Waals surface area contributed by atoms with Crippen LogP contribution < -0.4 is 14.8 Å². The Bertz CT molecular complexity index is 1110. The minimum Gasteiger partial charge on any atom is -0.497 e. The Hall–Kier alpha value is -3.80. The van der Waals surface area contributed by atoms with Crippen LogP contribution in [-0.2, 0) is 16.0 Å². The first kappa shape index (κ1) is 27.8. The first-order chi connectivity index (χ1) is 18.0. The summed E-state index contributed by atoms with van der Waals surface area (Å²) in [7, 11) is 1.64. The van der Waals surface area contributed by atoms with Gasteiger partial charge in [-0.2, -0.15) is 0 Å². The molecule has 1 amide bonds. The Labute approximate surface area is 220 Å². The number of amides is 1. The van der Waals surface area contributed by atoms with Crippen molar-refractivity contribution in [2.75, 3.05) is 26.9 Å². The molecule has 6 heteroatoms. The molecule has 0 aromatic heterocycles. The molecule has 6 nitrogen and oxygen atoms in total. The zero-order chi connectivity index (χ0) is 26.5. The number of nitrogens with one attached hydrogen (secondary N) is 1. The third kappa shape index (κ3) is 8.67. The maximum absolute atomic E-state index is 12.5. The third-order valence-corrected chi connectivity index (χ3v) is 6.16. The van der Waals surface area contributed by atoms with E-state index in [1.54, 1.807) is 7.11 Å². The first-order valence-corrected chi connectivity index (χ1v) is 12.9. The van der Waals surface area contributed by atoms with E-state index in [1.807, 2.05) is 79.7 Å². The van der Waals surface area contributed by atoms with Crippen molar-refractivity contribution in [2.45, 2.75) is 39.5 Å². The zero-order valence-electron chi connectivity index (χ0n) is 22.0. The number of esters is 1. The number of hydrogen-bond donors (Lipinski definition) is 1. The van der Waals surface area contributed by atoms with Crippen molar-refractivity contribution in [2.24, 2.45) is 5.92 Å². The molecule has 3 rings (SSSR count). The summed E-state index contributed by atoms with van der Waals surface area (Å²) in [5, 5.41) is 2.89. The Morgan fingerprint density at radius 1 is 0.838 bits per heavy atom. The molecule has 0 aliphatic heterocycles. The lowest BCUT2D eigenvalue weighted by molar-refractivity contribution is -0.148. The summed E-state index contributed by atoms with van der Waals surface area (Å²) >= 11 is 0. The van der Waals surface area contributed by atoms with E-state index in [0.29, 0.717) is 31.7 Å². The van der Waals surface area contributed by atoms with Crippen molar-refractivity contribution in [1.29, 1.82) is 0 Å². The van der Waals surface area contributed by atoms with Gasteiger partial charge >= 0.3 is 5.97 Å². The second-order valence-corrected chi connectivity index (χ2v) is 8.85. The Morgan fingerprint density at radius 3 is 2.05 bits per heavy atom. The van der Waals surface area contributed by atoms with Gasteiger partial charge in [0, 0.05) is 5.56 Å². The molecule has 0 aliphatic carbocycles. The van der Waals surface area contributed by atoms with Gasteiger partial charge in [0.2, 0.25) is 0 Å². The fourth-order valence-electron chi connectivity index (χ4n) is 4.05. The topological polar surface area (TPSA) is 73.9 Å². The van der Waals surface area contributed by atoms with Gasteiger partial charge in [-0.1, -0.05) is 56.2 Å². The molecule has 0 fully saturated rings. The number of carbonyl (C=O) groups excluding carboxylic acids is 2. The third-order valence-electron chi connectivity index (χ3n) is 6.16. The molecule has 0 heterocycles. The molecule has 37 heavy (non-hydrogen) atoms. The average Bonchev–Trinajstić information content (AvgIpc) is 2.94. The van der Waals surface area contributed by atoms with Gasteiger partial charge in [0.15, 0.2) is 0 Å². The highest BCUT2D eigenvalue weighted by atomic mass is 16.5. The Balaban J connectivity index is 1.43. The van der Waals surface area contributed by atoms with Gasteiger partial charge in [-0.15, -0.1) is 0 Å². The Morgan fingerprint density at radius 2 is 1.46 bits per heavy atom. The summed E-state index contributed by atoms with van der Waals surface area (Å²) in [6.07, 6.45) is 3.54. The Kier molecular flexibility index (Phi) is 11.0. The van der Waals surface area contributed by atoms with E-state index in [-0.39, 0.29) is 17.8 Å². The van der Waals surface area contributed by atoms with E-state index < -0.39 is 0 Å². The largest absolute Gasteiger partial charge is 0.497 e. The van der Waals surface area contributed by atoms with Crippen LogP contribution >= 0.6 is 0 Å². The van der Waals surface area contributed by atoms with Crippen LogP contribution in [0.15, 0.2) is 72.8 Å². The maximum Gasteiger partial charge on any atom is 0.309 e. The second kappa shape index (κ2) is 14.7. The van der Waals surface area contributed by atoms with Gasteiger partial charge in [-0.25, -0.2) is 0 Å². The monoisotopic (exact) mass is 503 g/mol. The lowest BCUT2D eigenvalue weighted by atomic mass is 9.94. The van der Waals surface area contributed by atoms with E-state index >= 15 is 0 Å². The van der Waals surface area contributed by atoms with Gasteiger partial charge in [0.05, 0.1) is 26.2 Å². The minimum absolute atomic E-state index is 0.118. The van der Waals surface area contributed by atoms with Crippen molar-refractivity contribution in [3.8, 4) is 22.6 Å². The number of methoxy groups -OCH3 is 1. The van der Waals surface area contributed by atoms with Crippen LogP contribution in [0.25, 0.3) is 11.1 Å². The van der Waals surface area contributed by atoms with Crippen LogP contribution in [-0.4, -0.2) is 38.7 Å². The number of carbonyl (C=O) groups is 2. The maximum atomic E-state index is 12.5. The van der Waals surface area contributed by atoms with E-state index in [2.05, 4.69) is 12.2 Å². The smallest absolute Gasteiger partial charge is 0.309 e. The van der Waals surface area contributed by atoms with E-state index in [9.17, 15) is 9.59 Å². The molecule has 1 N–H and O–H groups in total. The van der Waals surface area contributed by atoms with Crippen molar-refractivity contribution in [1.82, 2.24) is 5.32 Å². The molecule has 1 unspecified atom stereocenters. The normalized spacial score (nSPS) is 11.4. The van der Waals surface area contributed by atoms with Crippen LogP contribution in [0.3, 0.4) is 0 Å². The molecule has 1 atom stereocenters. The molecule has 0 bridgehead atoms. The summed E-state index contributed by atoms with van der Waals surface area (Å²) in [4.78, 5) is 24.8. The molecule has 0 saturated carbocycles. The van der Waals surface area contributed by atoms with Crippen molar-refractivity contribution in [3.05, 3.63) is 83.9 Å². The van der Waals surface area contributed by atoms with Crippen LogP contribution in [0, 0.1) is 5.92 Å². The van der Waals surface area contributed by atoms with Crippen molar-refractivity contribution >= 4 is 11.9 Å². The number of benzene rings is 3. The number of unbranched alkanes of at least 4 members (excludes halogenated alkanes) is 1. The van der Waals surface area contributed by atoms with E-state index in [1.165, 1.54) is 0 Å². The van der Waals surface area contributed by atoms with Crippen LogP contribution in [0.1, 0.15) is 49.0 Å². The summed E-state index contributed by atoms with van der Waals surface area (Å²) in [6.45, 7) is 5.11. The predicted octanol–water partition coefficient (Wildman–Crippen LogP) is 6.08. The molecule has 3 aromatic rings. The highest BCUT2D eigenvalue weighted by Crippen LogP contribution is 2.23. The van der Waals surface area contributed by atoms with Crippen LogP contribution in [0.5, 0.6) is 11.5 Å². The second-order valence-electron chi connectivity index (χ2n) is 8.85. The predicted molar refractivity (Wildman–Crippen MR) is 146 cm³/mol. The van der Waals surface area contributed by atoms with Gasteiger partial charge in [-0.3, -0.25) is 9.59 Å². The van der Waals surface area contributed by atoms with Crippen LogP contribution in [0.2, 0.25) is 0 Å². The van der Waals surface area contributed by atoms with Crippen molar-refractivity contribution in [3.63, 3.8) is 0 Å². The number of rotatable bonds is 14. The molecule has 0 aliphatic rings. The quantitative estimate of drug-likeness (QED) is 0.213. The highest BCUT2D eigenvalue weighted by molar-refractivity contribution is 5.94. The SMILES string of the molecule is CCCCC(Cc1ccc(OCCNC(=O)c2ccc(-c3ccc(OC)cc3)cc2)cc1)C(=O)OCC. The summed E-state index contributed by atoms with van der Waals surface area (Å²) in [5.41, 5.74) is 3.77. The van der Waals surface area contributed by atoms with Crippen molar-refractivity contribution < 1.29 is 23.8 Å². The molecule has 3 aromatic carbocycles. The number of ether oxygens (including phenoxy) is 3. The fraction of sp³-hybridized carbons (Fsp3) is 0.355. The number of hydrogen-bond acceptors (Lipinski definition) is 5.